The summed E-state index contributed by atoms with van der Waals surface area (Å²) < 4.78 is 11.5. The van der Waals surface area contributed by atoms with Crippen LogP contribution in [0.5, 0.6) is 5.75 Å². The Labute approximate surface area is 177 Å². The molecule has 3 rings (SSSR count). The number of nitrogens with one attached hydrogen (secondary N) is 3. The molecule has 1 aliphatic rings. The highest BCUT2D eigenvalue weighted by molar-refractivity contribution is 5.95. The van der Waals surface area contributed by atoms with Crippen molar-refractivity contribution in [1.29, 1.82) is 0 Å². The number of amides is 2. The fourth-order valence-corrected chi connectivity index (χ4v) is 3.00. The fourth-order valence-electron chi connectivity index (χ4n) is 3.00. The Balaban J connectivity index is 1.48. The number of anilines is 3. The van der Waals surface area contributed by atoms with Crippen LogP contribution in [0, 0.1) is 5.92 Å². The predicted octanol–water partition coefficient (Wildman–Crippen LogP) is 3.89. The van der Waals surface area contributed by atoms with Gasteiger partial charge in [-0.3, -0.25) is 9.59 Å². The van der Waals surface area contributed by atoms with Crippen molar-refractivity contribution in [3.05, 3.63) is 48.5 Å². The topological polar surface area (TPSA) is 88.7 Å². The van der Waals surface area contributed by atoms with Crippen LogP contribution in [0.15, 0.2) is 48.5 Å². The highest BCUT2D eigenvalue weighted by atomic mass is 16.5. The van der Waals surface area contributed by atoms with Gasteiger partial charge in [-0.25, -0.2) is 0 Å². The average Bonchev–Trinajstić information content (AvgIpc) is 3.26. The number of rotatable bonds is 9. The minimum absolute atomic E-state index is 0.0450. The number of para-hydroxylation sites is 2. The third kappa shape index (κ3) is 6.49. The fraction of sp³-hybridized carbons (Fsp3) is 0.391. The van der Waals surface area contributed by atoms with Gasteiger partial charge in [-0.2, -0.15) is 0 Å². The quantitative estimate of drug-likeness (QED) is 0.583. The molecule has 1 fully saturated rings. The maximum Gasteiger partial charge on any atom is 0.243 e. The van der Waals surface area contributed by atoms with E-state index in [4.69, 9.17) is 9.47 Å². The first-order valence-electron chi connectivity index (χ1n) is 10.3. The van der Waals surface area contributed by atoms with Gasteiger partial charge in [0.25, 0.3) is 0 Å². The predicted molar refractivity (Wildman–Crippen MR) is 118 cm³/mol. The molecular weight excluding hydrogens is 382 g/mol. The van der Waals surface area contributed by atoms with Crippen LogP contribution in [0.4, 0.5) is 17.1 Å². The van der Waals surface area contributed by atoms with Crippen LogP contribution in [-0.2, 0) is 14.3 Å². The molecule has 1 atom stereocenters. The van der Waals surface area contributed by atoms with E-state index in [0.717, 1.165) is 25.1 Å². The zero-order valence-corrected chi connectivity index (χ0v) is 17.4. The summed E-state index contributed by atoms with van der Waals surface area (Å²) in [5.74, 6) is 0.387. The molecule has 2 aromatic rings. The van der Waals surface area contributed by atoms with Crippen LogP contribution >= 0.6 is 0 Å². The van der Waals surface area contributed by atoms with Crippen molar-refractivity contribution < 1.29 is 19.1 Å². The van der Waals surface area contributed by atoms with E-state index in [1.54, 1.807) is 24.3 Å². The van der Waals surface area contributed by atoms with E-state index in [2.05, 4.69) is 16.0 Å². The van der Waals surface area contributed by atoms with Gasteiger partial charge in [-0.1, -0.05) is 26.0 Å². The highest BCUT2D eigenvalue weighted by Crippen LogP contribution is 2.25. The molecule has 30 heavy (non-hydrogen) atoms. The Morgan fingerprint density at radius 2 is 1.77 bits per heavy atom. The smallest absolute Gasteiger partial charge is 0.243 e. The van der Waals surface area contributed by atoms with Crippen molar-refractivity contribution in [3.8, 4) is 5.75 Å². The molecule has 7 heteroatoms. The second-order valence-electron chi connectivity index (χ2n) is 7.57. The minimum Gasteiger partial charge on any atom is -0.489 e. The molecule has 3 N–H and O–H groups in total. The Kier molecular flexibility index (Phi) is 7.68. The van der Waals surface area contributed by atoms with Crippen LogP contribution in [0.1, 0.15) is 26.7 Å². The van der Waals surface area contributed by atoms with Crippen LogP contribution < -0.4 is 20.7 Å². The van der Waals surface area contributed by atoms with Gasteiger partial charge in [0.05, 0.1) is 18.3 Å². The van der Waals surface area contributed by atoms with Gasteiger partial charge in [0.1, 0.15) is 12.4 Å². The van der Waals surface area contributed by atoms with Crippen LogP contribution in [0.3, 0.4) is 0 Å². The van der Waals surface area contributed by atoms with Crippen molar-refractivity contribution >= 4 is 28.9 Å². The molecule has 0 bridgehead atoms. The van der Waals surface area contributed by atoms with Crippen molar-refractivity contribution in [2.45, 2.75) is 32.8 Å². The first-order valence-corrected chi connectivity index (χ1v) is 10.3. The Hall–Kier alpha value is -3.06. The van der Waals surface area contributed by atoms with Gasteiger partial charge < -0.3 is 25.4 Å². The van der Waals surface area contributed by atoms with Crippen molar-refractivity contribution in [2.75, 3.05) is 35.7 Å². The lowest BCUT2D eigenvalue weighted by molar-refractivity contribution is -0.119. The summed E-state index contributed by atoms with van der Waals surface area (Å²) >= 11 is 0. The van der Waals surface area contributed by atoms with E-state index >= 15 is 0 Å². The summed E-state index contributed by atoms with van der Waals surface area (Å²) in [7, 11) is 0. The molecule has 160 valence electrons. The third-order valence-corrected chi connectivity index (χ3v) is 4.74. The first-order chi connectivity index (χ1) is 14.5. The lowest BCUT2D eigenvalue weighted by Crippen LogP contribution is -2.22. The van der Waals surface area contributed by atoms with E-state index in [-0.39, 0.29) is 30.4 Å². The molecule has 2 amide bonds. The number of hydrogen-bond acceptors (Lipinski definition) is 5. The maximum absolute atomic E-state index is 12.3. The van der Waals surface area contributed by atoms with Gasteiger partial charge in [0.15, 0.2) is 0 Å². The summed E-state index contributed by atoms with van der Waals surface area (Å²) in [4.78, 5) is 24.0. The second kappa shape index (κ2) is 10.6. The van der Waals surface area contributed by atoms with Gasteiger partial charge in [0, 0.05) is 23.9 Å². The third-order valence-electron chi connectivity index (χ3n) is 4.74. The summed E-state index contributed by atoms with van der Waals surface area (Å²) in [6, 6.07) is 14.6. The monoisotopic (exact) mass is 411 g/mol. The first kappa shape index (κ1) is 21.6. The minimum atomic E-state index is -0.178. The number of ether oxygens (including phenoxy) is 2. The second-order valence-corrected chi connectivity index (χ2v) is 7.57. The molecule has 0 radical (unpaired) electrons. The van der Waals surface area contributed by atoms with E-state index in [1.165, 1.54) is 0 Å². The van der Waals surface area contributed by atoms with Gasteiger partial charge >= 0.3 is 0 Å². The molecule has 0 aliphatic carbocycles. The number of carbonyl (C=O) groups excluding carboxylic acids is 2. The van der Waals surface area contributed by atoms with Crippen LogP contribution in [-0.4, -0.2) is 37.7 Å². The van der Waals surface area contributed by atoms with Crippen molar-refractivity contribution in [1.82, 2.24) is 0 Å². The molecule has 1 unspecified atom stereocenters. The van der Waals surface area contributed by atoms with E-state index in [0.29, 0.717) is 23.7 Å². The SMILES string of the molecule is CC(C)C(=O)Nc1ccc(NC(=O)CNc2ccccc2OCC2CCCO2)cc1. The lowest BCUT2D eigenvalue weighted by Gasteiger charge is -2.15. The van der Waals surface area contributed by atoms with E-state index < -0.39 is 0 Å². The highest BCUT2D eigenvalue weighted by Gasteiger charge is 2.17. The molecule has 0 aromatic heterocycles. The molecular formula is C23H29N3O4. The lowest BCUT2D eigenvalue weighted by atomic mass is 10.2. The summed E-state index contributed by atoms with van der Waals surface area (Å²) in [5.41, 5.74) is 2.12. The van der Waals surface area contributed by atoms with E-state index in [1.807, 2.05) is 38.1 Å². The van der Waals surface area contributed by atoms with Gasteiger partial charge in [-0.05, 0) is 49.2 Å². The molecule has 1 saturated heterocycles. The standard InChI is InChI=1S/C23H29N3O4/c1-16(2)23(28)26-18-11-9-17(10-12-18)25-22(27)14-24-20-7-3-4-8-21(20)30-15-19-6-5-13-29-19/h3-4,7-12,16,19,24H,5-6,13-15H2,1-2H3,(H,25,27)(H,26,28). The number of carbonyl (C=O) groups is 2. The number of benzene rings is 2. The normalized spacial score (nSPS) is 15.6. The zero-order valence-electron chi connectivity index (χ0n) is 17.4. The zero-order chi connectivity index (χ0) is 21.3. The number of hydrogen-bond donors (Lipinski definition) is 3. The molecule has 1 aliphatic heterocycles. The molecule has 0 saturated carbocycles. The maximum atomic E-state index is 12.3. The Morgan fingerprint density at radius 1 is 1.07 bits per heavy atom. The average molecular weight is 412 g/mol. The van der Waals surface area contributed by atoms with Gasteiger partial charge in [0.2, 0.25) is 11.8 Å². The molecule has 0 spiro atoms. The van der Waals surface area contributed by atoms with Crippen LogP contribution in [0.2, 0.25) is 0 Å². The van der Waals surface area contributed by atoms with Crippen molar-refractivity contribution in [2.24, 2.45) is 5.92 Å². The van der Waals surface area contributed by atoms with E-state index in [9.17, 15) is 9.59 Å². The summed E-state index contributed by atoms with van der Waals surface area (Å²) in [6.45, 7) is 5.07. The largest absolute Gasteiger partial charge is 0.489 e. The van der Waals surface area contributed by atoms with Crippen molar-refractivity contribution in [3.63, 3.8) is 0 Å². The summed E-state index contributed by atoms with van der Waals surface area (Å²) in [6.07, 6.45) is 2.21. The summed E-state index contributed by atoms with van der Waals surface area (Å²) in [5, 5.41) is 8.78. The molecule has 2 aromatic carbocycles. The van der Waals surface area contributed by atoms with Gasteiger partial charge in [-0.15, -0.1) is 0 Å². The Morgan fingerprint density at radius 3 is 2.43 bits per heavy atom. The molecule has 7 nitrogen and oxygen atoms in total. The molecule has 1 heterocycles. The Bertz CT molecular complexity index is 846. The van der Waals surface area contributed by atoms with Crippen LogP contribution in [0.25, 0.3) is 0 Å².